The maximum atomic E-state index is 9.12. The summed E-state index contributed by atoms with van der Waals surface area (Å²) >= 11 is 0. The van der Waals surface area contributed by atoms with Crippen molar-refractivity contribution in [3.05, 3.63) is 63.8 Å². The molecule has 2 bridgehead atoms. The van der Waals surface area contributed by atoms with Crippen LogP contribution in [0.15, 0.2) is 57.1 Å². The molecule has 4 rings (SSSR count). The minimum Gasteiger partial charge on any atom is -0.291 e. The quantitative estimate of drug-likeness (QED) is 0.326. The van der Waals surface area contributed by atoms with Gasteiger partial charge in [-0.05, 0) is 114 Å². The number of aryl methyl sites for hydroxylation is 1. The molecule has 2 aliphatic heterocycles. The Morgan fingerprint density at radius 1 is 1.15 bits per heavy atom. The van der Waals surface area contributed by atoms with Crippen LogP contribution in [-0.4, -0.2) is 42.6 Å². The van der Waals surface area contributed by atoms with Gasteiger partial charge in [-0.25, -0.2) is 4.99 Å². The summed E-state index contributed by atoms with van der Waals surface area (Å²) in [5.74, 6) is 0.971. The first-order valence-electron chi connectivity index (χ1n) is 15.6. The van der Waals surface area contributed by atoms with Crippen molar-refractivity contribution in [2.24, 2.45) is 21.3 Å². The van der Waals surface area contributed by atoms with Crippen LogP contribution in [0.25, 0.3) is 5.57 Å². The monoisotopic (exact) mass is 538 g/mol. The van der Waals surface area contributed by atoms with Gasteiger partial charge in [-0.2, -0.15) is 5.26 Å². The standard InChI is InChI=1S/C36H50N4/c1-8-10-31(29-11-9-12-30-23-34(39-24-38-30)33(22-29)36(5,6)7)35(25(2)3)32-21-28(14-13-26(32)4)27-15-18-40(19-16-27)20-17-37/h11,13-14,21-22,24-25,27,30H,8-10,12,15-16,18-20,23H2,1-7H3/b29-11+,33-22+,35-31+. The Morgan fingerprint density at radius 2 is 1.90 bits per heavy atom. The highest BCUT2D eigenvalue weighted by atomic mass is 15.1. The van der Waals surface area contributed by atoms with Crippen LogP contribution in [0.5, 0.6) is 0 Å². The fourth-order valence-electron chi connectivity index (χ4n) is 6.69. The Kier molecular flexibility index (Phi) is 10.0. The molecule has 1 unspecified atom stereocenters. The number of aliphatic imine (C=N–C) groups is 2. The fraction of sp³-hybridized carbons (Fsp3) is 0.583. The van der Waals surface area contributed by atoms with Gasteiger partial charge in [0, 0.05) is 12.1 Å². The molecule has 1 saturated heterocycles. The average Bonchev–Trinajstić information content (AvgIpc) is 2.97. The molecule has 0 aromatic heterocycles. The number of nitriles is 1. The summed E-state index contributed by atoms with van der Waals surface area (Å²) in [6.07, 6.45) is 14.3. The van der Waals surface area contributed by atoms with E-state index in [0.717, 1.165) is 58.0 Å². The SMILES string of the molecule is CCCC(/C1=C/CCC2CC(=NC=N2)/C(C(C)(C)C)=C\1)=C(\c1cc(C2CCN(CC#N)CC2)ccc1C)C(C)C. The van der Waals surface area contributed by atoms with Crippen molar-refractivity contribution < 1.29 is 0 Å². The molecule has 0 saturated carbocycles. The summed E-state index contributed by atoms with van der Waals surface area (Å²) in [7, 11) is 0. The largest absolute Gasteiger partial charge is 0.291 e. The molecular weight excluding hydrogens is 488 g/mol. The molecule has 40 heavy (non-hydrogen) atoms. The normalized spacial score (nSPS) is 24.1. The van der Waals surface area contributed by atoms with Gasteiger partial charge in [0.05, 0.1) is 18.7 Å². The third-order valence-electron chi connectivity index (χ3n) is 8.86. The van der Waals surface area contributed by atoms with Crippen molar-refractivity contribution in [1.29, 1.82) is 5.26 Å². The number of rotatable bonds is 7. The van der Waals surface area contributed by atoms with E-state index in [1.807, 2.05) is 0 Å². The van der Waals surface area contributed by atoms with E-state index in [9.17, 15) is 0 Å². The van der Waals surface area contributed by atoms with Crippen molar-refractivity contribution in [3.63, 3.8) is 0 Å². The number of hydrogen-bond acceptors (Lipinski definition) is 4. The van der Waals surface area contributed by atoms with Crippen LogP contribution in [0.3, 0.4) is 0 Å². The first-order chi connectivity index (χ1) is 19.1. The van der Waals surface area contributed by atoms with Gasteiger partial charge in [-0.15, -0.1) is 0 Å². The first-order valence-corrected chi connectivity index (χ1v) is 15.6. The molecule has 1 aromatic rings. The maximum absolute atomic E-state index is 9.12. The van der Waals surface area contributed by atoms with Crippen LogP contribution in [0.1, 0.15) is 109 Å². The molecule has 2 heterocycles. The number of likely N-dealkylation sites (tertiary alicyclic amines) is 1. The Morgan fingerprint density at radius 3 is 2.55 bits per heavy atom. The van der Waals surface area contributed by atoms with Crippen LogP contribution in [-0.2, 0) is 0 Å². The smallest absolute Gasteiger partial charge is 0.110 e. The topological polar surface area (TPSA) is 51.8 Å². The number of fused-ring (bicyclic) bond motifs is 2. The van der Waals surface area contributed by atoms with E-state index in [1.54, 1.807) is 6.34 Å². The van der Waals surface area contributed by atoms with E-state index in [1.165, 1.54) is 44.7 Å². The second-order valence-corrected chi connectivity index (χ2v) is 13.3. The van der Waals surface area contributed by atoms with Crippen molar-refractivity contribution in [2.45, 2.75) is 105 Å². The minimum absolute atomic E-state index is 0.00353. The van der Waals surface area contributed by atoms with Crippen LogP contribution in [0.4, 0.5) is 0 Å². The van der Waals surface area contributed by atoms with Gasteiger partial charge in [0.1, 0.15) is 6.34 Å². The molecule has 1 fully saturated rings. The van der Waals surface area contributed by atoms with Gasteiger partial charge >= 0.3 is 0 Å². The van der Waals surface area contributed by atoms with E-state index >= 15 is 0 Å². The van der Waals surface area contributed by atoms with E-state index < -0.39 is 0 Å². The molecule has 0 amide bonds. The van der Waals surface area contributed by atoms with Crippen LogP contribution >= 0.6 is 0 Å². The lowest BCUT2D eigenvalue weighted by molar-refractivity contribution is 0.235. The Balaban J connectivity index is 1.83. The number of nitrogens with zero attached hydrogens (tertiary/aromatic N) is 4. The van der Waals surface area contributed by atoms with Crippen LogP contribution in [0, 0.1) is 29.6 Å². The molecule has 4 heteroatoms. The van der Waals surface area contributed by atoms with Crippen LogP contribution in [0.2, 0.25) is 0 Å². The Labute approximate surface area is 243 Å². The predicted molar refractivity (Wildman–Crippen MR) is 171 cm³/mol. The lowest BCUT2D eigenvalue weighted by Gasteiger charge is -2.31. The number of piperidine rings is 1. The molecule has 4 nitrogen and oxygen atoms in total. The highest BCUT2D eigenvalue weighted by molar-refractivity contribution is 6.06. The van der Waals surface area contributed by atoms with Crippen molar-refractivity contribution in [1.82, 2.24) is 4.90 Å². The van der Waals surface area contributed by atoms with Gasteiger partial charge < -0.3 is 0 Å². The van der Waals surface area contributed by atoms with E-state index in [-0.39, 0.29) is 5.41 Å². The van der Waals surface area contributed by atoms with E-state index in [2.05, 4.69) is 89.8 Å². The summed E-state index contributed by atoms with van der Waals surface area (Å²) < 4.78 is 0. The lowest BCUT2D eigenvalue weighted by atomic mass is 9.78. The maximum Gasteiger partial charge on any atom is 0.110 e. The van der Waals surface area contributed by atoms with Crippen molar-refractivity contribution in [3.8, 4) is 6.07 Å². The summed E-state index contributed by atoms with van der Waals surface area (Å²) in [5.41, 5.74) is 11.2. The minimum atomic E-state index is 0.00353. The molecule has 1 aliphatic carbocycles. The van der Waals surface area contributed by atoms with Gasteiger partial charge in [0.2, 0.25) is 0 Å². The first kappa shape index (κ1) is 30.2. The third kappa shape index (κ3) is 7.10. The Bertz CT molecular complexity index is 1250. The van der Waals surface area contributed by atoms with Gasteiger partial charge in [0.15, 0.2) is 0 Å². The zero-order chi connectivity index (χ0) is 28.9. The van der Waals surface area contributed by atoms with E-state index in [4.69, 9.17) is 15.2 Å². The second-order valence-electron chi connectivity index (χ2n) is 13.3. The second kappa shape index (κ2) is 13.3. The third-order valence-corrected chi connectivity index (χ3v) is 8.86. The molecule has 0 N–H and O–H groups in total. The fourth-order valence-corrected chi connectivity index (χ4v) is 6.69. The number of hydrogen-bond donors (Lipinski definition) is 0. The van der Waals surface area contributed by atoms with Crippen molar-refractivity contribution >= 4 is 17.6 Å². The molecule has 3 aliphatic rings. The molecule has 1 atom stereocenters. The molecular formula is C36H50N4. The summed E-state index contributed by atoms with van der Waals surface area (Å²) in [6, 6.07) is 9.87. The molecule has 0 radical (unpaired) electrons. The van der Waals surface area contributed by atoms with Gasteiger partial charge in [0.25, 0.3) is 0 Å². The van der Waals surface area contributed by atoms with Gasteiger partial charge in [-0.1, -0.05) is 72.2 Å². The molecule has 0 spiro atoms. The number of allylic oxidation sites excluding steroid dienone is 6. The lowest BCUT2D eigenvalue weighted by Crippen LogP contribution is -2.33. The van der Waals surface area contributed by atoms with Gasteiger partial charge in [-0.3, -0.25) is 9.89 Å². The molecule has 214 valence electrons. The summed E-state index contributed by atoms with van der Waals surface area (Å²) in [5, 5.41) is 9.12. The van der Waals surface area contributed by atoms with Crippen molar-refractivity contribution in [2.75, 3.05) is 19.6 Å². The zero-order valence-corrected chi connectivity index (χ0v) is 26.1. The summed E-state index contributed by atoms with van der Waals surface area (Å²) in [4.78, 5) is 11.8. The average molecular weight is 539 g/mol. The highest BCUT2D eigenvalue weighted by Crippen LogP contribution is 2.40. The van der Waals surface area contributed by atoms with E-state index in [0.29, 0.717) is 24.4 Å². The summed E-state index contributed by atoms with van der Waals surface area (Å²) in [6.45, 7) is 18.9. The zero-order valence-electron chi connectivity index (χ0n) is 26.1. The highest BCUT2D eigenvalue weighted by Gasteiger charge is 2.28. The molecule has 1 aromatic carbocycles. The number of benzene rings is 1. The Hall–Kier alpha value is -2.77. The van der Waals surface area contributed by atoms with Crippen LogP contribution < -0.4 is 0 Å². The predicted octanol–water partition coefficient (Wildman–Crippen LogP) is 8.84.